The molecule has 0 bridgehead atoms. The molecule has 0 aliphatic carbocycles. The van der Waals surface area contributed by atoms with Crippen LogP contribution in [0.15, 0.2) is 35.4 Å². The molecule has 1 heterocycles. The number of benzene rings is 2. The Morgan fingerprint density at radius 2 is 0.864 bits per heavy atom. The molecule has 3 rings (SSSR count). The van der Waals surface area contributed by atoms with E-state index in [2.05, 4.69) is 93.5 Å². The summed E-state index contributed by atoms with van der Waals surface area (Å²) in [4.78, 5) is 2.79. The van der Waals surface area contributed by atoms with Gasteiger partial charge in [0.1, 0.15) is 0 Å². The van der Waals surface area contributed by atoms with E-state index in [-0.39, 0.29) is 0 Å². The molecule has 0 saturated heterocycles. The average Bonchev–Trinajstić information content (AvgIpc) is 3.33. The van der Waals surface area contributed by atoms with Crippen LogP contribution in [-0.4, -0.2) is 4.70 Å². The van der Waals surface area contributed by atoms with Gasteiger partial charge in [0.15, 0.2) is 0 Å². The van der Waals surface area contributed by atoms with Gasteiger partial charge < -0.3 is 5.53 Å². The Bertz CT molecular complexity index is 1230. The van der Waals surface area contributed by atoms with Crippen molar-refractivity contribution in [1.29, 1.82) is 0 Å². The molecule has 3 heteroatoms. The zero-order chi connectivity index (χ0) is 32.6. The molecule has 0 spiro atoms. The average molecular weight is 691 g/mol. The van der Waals surface area contributed by atoms with E-state index in [1.807, 2.05) is 0 Å². The first-order chi connectivity index (χ1) is 21.3. The van der Waals surface area contributed by atoms with Crippen molar-refractivity contribution >= 4 is 11.4 Å². The van der Waals surface area contributed by atoms with Gasteiger partial charge in [-0.05, 0) is 122 Å². The fourth-order valence-corrected chi connectivity index (χ4v) is 7.66. The molecule has 0 unspecified atom stereocenters. The Balaban J connectivity index is 0.00000125. The Hall–Kier alpha value is -1.82. The van der Waals surface area contributed by atoms with Gasteiger partial charge in [0.2, 0.25) is 11.4 Å². The molecule has 0 radical (unpaired) electrons. The molecule has 0 atom stereocenters. The number of hydrogen-bond acceptors (Lipinski definition) is 0. The molecular formula is C41H64N2Pd. The van der Waals surface area contributed by atoms with E-state index in [1.54, 1.807) is 4.70 Å². The van der Waals surface area contributed by atoms with E-state index in [0.717, 1.165) is 100 Å². The first kappa shape index (κ1) is 38.4. The zero-order valence-electron chi connectivity index (χ0n) is 30.1. The Morgan fingerprint density at radius 1 is 0.500 bits per heavy atom. The third-order valence-electron chi connectivity index (χ3n) is 9.13. The summed E-state index contributed by atoms with van der Waals surface area (Å²) in [5.41, 5.74) is 28.1. The van der Waals surface area contributed by atoms with Crippen molar-refractivity contribution in [3.05, 3.63) is 85.5 Å². The summed E-state index contributed by atoms with van der Waals surface area (Å²) >= 11 is 1.04. The van der Waals surface area contributed by atoms with Crippen LogP contribution in [0, 0.1) is 0 Å². The Kier molecular flexibility index (Phi) is 17.7. The van der Waals surface area contributed by atoms with E-state index in [1.165, 1.54) is 78.3 Å². The second kappa shape index (κ2) is 20.3. The van der Waals surface area contributed by atoms with Crippen molar-refractivity contribution in [3.63, 3.8) is 0 Å². The van der Waals surface area contributed by atoms with Crippen LogP contribution < -0.4 is 0 Å². The molecule has 0 saturated carbocycles. The monoisotopic (exact) mass is 690 g/mol. The maximum absolute atomic E-state index is 12.2. The number of nitrogens with zero attached hydrogens (tertiary/aromatic N) is 2. The van der Waals surface area contributed by atoms with E-state index >= 15 is 0 Å². The number of aryl methyl sites for hydroxylation is 4. The van der Waals surface area contributed by atoms with E-state index in [9.17, 15) is 5.53 Å². The second-order valence-corrected chi connectivity index (χ2v) is 14.8. The zero-order valence-corrected chi connectivity index (χ0v) is 31.7. The summed E-state index contributed by atoms with van der Waals surface area (Å²) in [5.74, 6) is 0. The van der Waals surface area contributed by atoms with Crippen LogP contribution in [0.3, 0.4) is 0 Å². The fraction of sp³-hybridized carbons (Fsp3) is 0.610. The quantitative estimate of drug-likeness (QED) is 0.0897. The number of allylic oxidation sites excluding steroid dienone is 2. The van der Waals surface area contributed by atoms with Crippen LogP contribution in [0.25, 0.3) is 16.9 Å². The normalized spacial score (nSPS) is 13.3. The van der Waals surface area contributed by atoms with Gasteiger partial charge >= 0.3 is 41.6 Å². The molecular weight excluding hydrogens is 627 g/mol. The fourth-order valence-electron chi connectivity index (χ4n) is 6.89. The summed E-state index contributed by atoms with van der Waals surface area (Å²) < 4.78 is 1.60. The predicted octanol–water partition coefficient (Wildman–Crippen LogP) is 12.9. The van der Waals surface area contributed by atoms with Gasteiger partial charge in [-0.15, -0.1) is 0 Å². The molecule has 2 aromatic rings. The second-order valence-electron chi connectivity index (χ2n) is 11.8. The molecule has 248 valence electrons. The van der Waals surface area contributed by atoms with E-state index < -0.39 is 0 Å². The van der Waals surface area contributed by atoms with Gasteiger partial charge in [-0.1, -0.05) is 74.7 Å². The number of unbranched alkanes of at least 4 members (excludes halogenated alkanes) is 3. The van der Waals surface area contributed by atoms with Crippen molar-refractivity contribution in [3.8, 4) is 0 Å². The predicted molar refractivity (Wildman–Crippen MR) is 191 cm³/mol. The standard InChI is InChI=1S/C37H54N2.2C2H5.Pd/c1-9-17-19-21-35-34(20-18-10-2)36(30-22-26(11-3)32(15-7)27(12-4)23-30)39(38)37(35)31-24-28(13-5)33(16-8)29(14-6)25-31;2*1-2;/h22-25H,9-21H2,1-8H3;2*1H2,2H3;. The van der Waals surface area contributed by atoms with E-state index in [4.69, 9.17) is 0 Å². The van der Waals surface area contributed by atoms with Gasteiger partial charge in [-0.25, -0.2) is 4.70 Å². The molecule has 1 aliphatic heterocycles. The van der Waals surface area contributed by atoms with Crippen molar-refractivity contribution in [2.75, 3.05) is 0 Å². The van der Waals surface area contributed by atoms with Gasteiger partial charge in [-0.2, -0.15) is 0 Å². The third kappa shape index (κ3) is 9.36. The first-order valence-electron chi connectivity index (χ1n) is 18.1. The summed E-state index contributed by atoms with van der Waals surface area (Å²) in [6, 6.07) is 9.52. The van der Waals surface area contributed by atoms with Crippen LogP contribution in [0.5, 0.6) is 0 Å². The first-order valence-corrected chi connectivity index (χ1v) is 20.3. The maximum atomic E-state index is 12.2. The Morgan fingerprint density at radius 3 is 1.14 bits per heavy atom. The number of rotatable bonds is 17. The SMILES string of the molecule is CCCCCC1=C(c2cc(CC)c(CC)c(CC)c2)[N+](=[N-])C(c2cc(CC)c(CC)c(CC)c2)=C1CCCC.C[CH2][Pd][CH2]C. The molecule has 2 aromatic carbocycles. The summed E-state index contributed by atoms with van der Waals surface area (Å²) in [5, 5.41) is 0. The topological polar surface area (TPSA) is 25.3 Å². The Labute approximate surface area is 280 Å². The molecule has 2 nitrogen and oxygen atoms in total. The molecule has 0 fully saturated rings. The van der Waals surface area contributed by atoms with Crippen molar-refractivity contribution in [2.24, 2.45) is 0 Å². The summed E-state index contributed by atoms with van der Waals surface area (Å²) in [6.07, 6.45) is 14.1. The van der Waals surface area contributed by atoms with Crippen molar-refractivity contribution in [1.82, 2.24) is 0 Å². The van der Waals surface area contributed by atoms with E-state index in [0.29, 0.717) is 0 Å². The van der Waals surface area contributed by atoms with Crippen molar-refractivity contribution in [2.45, 2.75) is 162 Å². The van der Waals surface area contributed by atoms with Gasteiger partial charge in [0.25, 0.3) is 0 Å². The minimum atomic E-state index is 1.01. The van der Waals surface area contributed by atoms with Crippen LogP contribution in [0.2, 0.25) is 9.79 Å². The van der Waals surface area contributed by atoms with Gasteiger partial charge in [-0.3, -0.25) is 0 Å². The van der Waals surface area contributed by atoms with Crippen molar-refractivity contribution < 1.29 is 22.7 Å². The van der Waals surface area contributed by atoms with Gasteiger partial charge in [0, 0.05) is 22.3 Å². The van der Waals surface area contributed by atoms with Crippen LogP contribution >= 0.6 is 0 Å². The summed E-state index contributed by atoms with van der Waals surface area (Å²) in [7, 11) is 0. The third-order valence-corrected chi connectivity index (χ3v) is 10.7. The summed E-state index contributed by atoms with van der Waals surface area (Å²) in [6.45, 7) is 22.6. The van der Waals surface area contributed by atoms with Crippen LogP contribution in [0.1, 0.15) is 159 Å². The molecule has 0 N–H and O–H groups in total. The molecule has 44 heavy (non-hydrogen) atoms. The molecule has 1 aliphatic rings. The minimum absolute atomic E-state index is 1.01. The van der Waals surface area contributed by atoms with Crippen LogP contribution in [0.4, 0.5) is 0 Å². The van der Waals surface area contributed by atoms with Gasteiger partial charge in [0.05, 0.1) is 0 Å². The number of hydrogen-bond donors (Lipinski definition) is 0. The molecule has 0 amide bonds. The molecule has 0 aromatic heterocycles. The van der Waals surface area contributed by atoms with Crippen LogP contribution in [-0.2, 0) is 56.5 Å².